The minimum Gasteiger partial charge on any atom is -0.324 e. The summed E-state index contributed by atoms with van der Waals surface area (Å²) in [5.74, 6) is 0.0921. The molecular weight excluding hydrogens is 410 g/mol. The van der Waals surface area contributed by atoms with E-state index in [9.17, 15) is 13.2 Å². The number of fused-ring (bicyclic) bond motifs is 1. The van der Waals surface area contributed by atoms with E-state index in [0.717, 1.165) is 35.3 Å². The van der Waals surface area contributed by atoms with Gasteiger partial charge in [0.25, 0.3) is 5.91 Å². The Labute approximate surface area is 176 Å². The Hall–Kier alpha value is -2.38. The summed E-state index contributed by atoms with van der Waals surface area (Å²) in [6, 6.07) is 12.5. The van der Waals surface area contributed by atoms with Crippen molar-refractivity contribution in [3.63, 3.8) is 0 Å². The Kier molecular flexibility index (Phi) is 6.59. The van der Waals surface area contributed by atoms with Crippen molar-refractivity contribution in [2.24, 2.45) is 0 Å². The summed E-state index contributed by atoms with van der Waals surface area (Å²) >= 11 is 6.29. The average molecular weight is 434 g/mol. The Bertz CT molecular complexity index is 1140. The molecule has 1 amide bonds. The molecule has 1 aromatic heterocycles. The summed E-state index contributed by atoms with van der Waals surface area (Å²) in [5.41, 5.74) is 2.69. The fourth-order valence-corrected chi connectivity index (χ4v) is 4.46. The topological polar surface area (TPSA) is 81.1 Å². The van der Waals surface area contributed by atoms with Gasteiger partial charge in [0, 0.05) is 10.6 Å². The summed E-state index contributed by atoms with van der Waals surface area (Å²) in [6.07, 6.45) is 2.25. The number of aryl methyl sites for hydroxylation is 1. The van der Waals surface area contributed by atoms with E-state index in [1.54, 1.807) is 18.2 Å². The maximum absolute atomic E-state index is 12.5. The van der Waals surface area contributed by atoms with Gasteiger partial charge in [-0.25, -0.2) is 18.1 Å². The number of carbonyl (C=O) groups excluding carboxylic acids is 1. The third kappa shape index (κ3) is 5.16. The van der Waals surface area contributed by atoms with Crippen molar-refractivity contribution in [1.29, 1.82) is 0 Å². The molecule has 3 rings (SSSR count). The molecule has 0 aliphatic heterocycles. The van der Waals surface area contributed by atoms with E-state index >= 15 is 0 Å². The van der Waals surface area contributed by atoms with E-state index in [1.807, 2.05) is 42.7 Å². The molecule has 1 N–H and O–H groups in total. The van der Waals surface area contributed by atoms with Gasteiger partial charge in [0.15, 0.2) is 0 Å². The van der Waals surface area contributed by atoms with Crippen LogP contribution in [0.2, 0.25) is 5.02 Å². The lowest BCUT2D eigenvalue weighted by Gasteiger charge is -2.10. The predicted octanol–water partition coefficient (Wildman–Crippen LogP) is 4.30. The van der Waals surface area contributed by atoms with E-state index in [0.29, 0.717) is 18.0 Å². The number of amides is 1. The van der Waals surface area contributed by atoms with Crippen LogP contribution in [0.1, 0.15) is 47.9 Å². The molecular formula is C21H24ClN3O3S. The second-order valence-electron chi connectivity index (χ2n) is 7.00. The summed E-state index contributed by atoms with van der Waals surface area (Å²) in [4.78, 5) is 17.1. The van der Waals surface area contributed by atoms with Gasteiger partial charge in [-0.2, -0.15) is 0 Å². The van der Waals surface area contributed by atoms with Gasteiger partial charge >= 0.3 is 0 Å². The molecule has 0 bridgehead atoms. The Morgan fingerprint density at radius 1 is 1.17 bits per heavy atom. The lowest BCUT2D eigenvalue weighted by atomic mass is 10.2. The van der Waals surface area contributed by atoms with Gasteiger partial charge in [-0.05, 0) is 43.2 Å². The van der Waals surface area contributed by atoms with E-state index in [1.165, 1.54) is 0 Å². The molecule has 0 fully saturated rings. The molecule has 3 aromatic rings. The molecule has 0 radical (unpaired) electrons. The molecule has 1 heterocycles. The first-order chi connectivity index (χ1) is 13.8. The molecule has 154 valence electrons. The summed E-state index contributed by atoms with van der Waals surface area (Å²) in [5, 5.41) is 0.654. The number of nitrogens with one attached hydrogen (secondary N) is 1. The van der Waals surface area contributed by atoms with Crippen LogP contribution in [0.4, 0.5) is 0 Å². The van der Waals surface area contributed by atoms with Crippen molar-refractivity contribution in [2.45, 2.75) is 39.7 Å². The molecule has 0 spiro atoms. The number of benzene rings is 2. The highest BCUT2D eigenvalue weighted by Crippen LogP contribution is 2.22. The lowest BCUT2D eigenvalue weighted by Crippen LogP contribution is -2.32. The van der Waals surface area contributed by atoms with Crippen LogP contribution in [-0.2, 0) is 16.6 Å². The molecule has 29 heavy (non-hydrogen) atoms. The highest BCUT2D eigenvalue weighted by Gasteiger charge is 2.18. The van der Waals surface area contributed by atoms with Crippen molar-refractivity contribution < 1.29 is 13.2 Å². The Morgan fingerprint density at radius 3 is 2.66 bits per heavy atom. The van der Waals surface area contributed by atoms with Gasteiger partial charge < -0.3 is 4.57 Å². The van der Waals surface area contributed by atoms with Crippen molar-refractivity contribution in [1.82, 2.24) is 14.3 Å². The Balaban J connectivity index is 1.87. The highest BCUT2D eigenvalue weighted by atomic mass is 35.5. The number of unbranched alkanes of at least 4 members (excludes halogenated alkanes) is 2. The van der Waals surface area contributed by atoms with Crippen molar-refractivity contribution in [3.05, 3.63) is 64.4 Å². The standard InChI is InChI=1S/C21H24ClN3O3S/c1-3-4-7-12-29(27,28)24-21(26)16-10-11-19-20(13-16)25(15(2)23-19)14-17-8-5-6-9-18(17)22/h5-6,8-11,13H,3-4,7,12,14H2,1-2H3,(H,24,26). The number of nitrogens with zero attached hydrogens (tertiary/aromatic N) is 2. The molecule has 0 aliphatic carbocycles. The van der Waals surface area contributed by atoms with E-state index in [-0.39, 0.29) is 11.3 Å². The number of hydrogen-bond donors (Lipinski definition) is 1. The van der Waals surface area contributed by atoms with Crippen molar-refractivity contribution in [3.8, 4) is 0 Å². The number of hydrogen-bond acceptors (Lipinski definition) is 4. The van der Waals surface area contributed by atoms with Crippen LogP contribution in [0.5, 0.6) is 0 Å². The molecule has 0 atom stereocenters. The minimum atomic E-state index is -3.65. The zero-order chi connectivity index (χ0) is 21.0. The number of carbonyl (C=O) groups is 1. The van der Waals surface area contributed by atoms with Gasteiger partial charge in [0.2, 0.25) is 10.0 Å². The number of sulfonamides is 1. The van der Waals surface area contributed by atoms with Crippen molar-refractivity contribution >= 4 is 38.6 Å². The summed E-state index contributed by atoms with van der Waals surface area (Å²) in [7, 11) is -3.65. The van der Waals surface area contributed by atoms with Crippen LogP contribution in [0.3, 0.4) is 0 Å². The second-order valence-corrected chi connectivity index (χ2v) is 9.25. The van der Waals surface area contributed by atoms with Crippen LogP contribution < -0.4 is 4.72 Å². The van der Waals surface area contributed by atoms with E-state index in [2.05, 4.69) is 9.71 Å². The zero-order valence-electron chi connectivity index (χ0n) is 16.5. The number of imidazole rings is 1. The predicted molar refractivity (Wildman–Crippen MR) is 116 cm³/mol. The molecule has 0 unspecified atom stereocenters. The van der Waals surface area contributed by atoms with E-state index in [4.69, 9.17) is 11.6 Å². The molecule has 8 heteroatoms. The monoisotopic (exact) mass is 433 g/mol. The highest BCUT2D eigenvalue weighted by molar-refractivity contribution is 7.90. The normalized spacial score (nSPS) is 11.7. The zero-order valence-corrected chi connectivity index (χ0v) is 18.1. The van der Waals surface area contributed by atoms with Gasteiger partial charge in [-0.15, -0.1) is 0 Å². The van der Waals surface area contributed by atoms with Crippen LogP contribution in [0, 0.1) is 6.92 Å². The molecule has 0 saturated carbocycles. The number of halogens is 1. The molecule has 6 nitrogen and oxygen atoms in total. The average Bonchev–Trinajstić information content (AvgIpc) is 2.98. The smallest absolute Gasteiger partial charge is 0.264 e. The van der Waals surface area contributed by atoms with Crippen LogP contribution in [0.25, 0.3) is 11.0 Å². The fourth-order valence-electron chi connectivity index (χ4n) is 3.17. The van der Waals surface area contributed by atoms with Crippen LogP contribution in [0.15, 0.2) is 42.5 Å². The largest absolute Gasteiger partial charge is 0.324 e. The maximum atomic E-state index is 12.5. The van der Waals surface area contributed by atoms with E-state index < -0.39 is 15.9 Å². The fraction of sp³-hybridized carbons (Fsp3) is 0.333. The summed E-state index contributed by atoms with van der Waals surface area (Å²) < 4.78 is 28.4. The second kappa shape index (κ2) is 8.97. The quantitative estimate of drug-likeness (QED) is 0.537. The van der Waals surface area contributed by atoms with Gasteiger partial charge in [-0.3, -0.25) is 4.79 Å². The molecule has 0 saturated heterocycles. The van der Waals surface area contributed by atoms with Crippen LogP contribution in [-0.4, -0.2) is 29.6 Å². The third-order valence-electron chi connectivity index (χ3n) is 4.75. The van der Waals surface area contributed by atoms with Gasteiger partial charge in [-0.1, -0.05) is 49.6 Å². The number of aromatic nitrogens is 2. The van der Waals surface area contributed by atoms with Crippen molar-refractivity contribution in [2.75, 3.05) is 5.75 Å². The summed E-state index contributed by atoms with van der Waals surface area (Å²) in [6.45, 7) is 4.38. The maximum Gasteiger partial charge on any atom is 0.264 e. The third-order valence-corrected chi connectivity index (χ3v) is 6.44. The van der Waals surface area contributed by atoms with Gasteiger partial charge in [0.1, 0.15) is 5.82 Å². The minimum absolute atomic E-state index is 0.0572. The first-order valence-electron chi connectivity index (χ1n) is 9.56. The van der Waals surface area contributed by atoms with Crippen LogP contribution >= 0.6 is 11.6 Å². The first kappa shape index (κ1) is 21.3. The van der Waals surface area contributed by atoms with Gasteiger partial charge in [0.05, 0.1) is 23.3 Å². The molecule has 2 aromatic carbocycles. The Morgan fingerprint density at radius 2 is 1.93 bits per heavy atom. The lowest BCUT2D eigenvalue weighted by molar-refractivity contribution is 0.0981. The number of rotatable bonds is 8. The molecule has 0 aliphatic rings. The SMILES string of the molecule is CCCCCS(=O)(=O)NC(=O)c1ccc2nc(C)n(Cc3ccccc3Cl)c2c1. The first-order valence-corrected chi connectivity index (χ1v) is 11.6.